The molecule has 12 heavy (non-hydrogen) atoms. The van der Waals surface area contributed by atoms with Crippen LogP contribution in [0.25, 0.3) is 0 Å². The monoisotopic (exact) mass is 170 g/mol. The fourth-order valence-corrected chi connectivity index (χ4v) is 1.10. The van der Waals surface area contributed by atoms with Gasteiger partial charge in [-0.2, -0.15) is 0 Å². The van der Waals surface area contributed by atoms with E-state index in [0.29, 0.717) is 6.54 Å². The molecule has 1 aromatic rings. The molecule has 0 aromatic heterocycles. The molecule has 1 rings (SSSR count). The summed E-state index contributed by atoms with van der Waals surface area (Å²) < 4.78 is 0. The van der Waals surface area contributed by atoms with Crippen molar-refractivity contribution in [3.8, 4) is 0 Å². The van der Waals surface area contributed by atoms with E-state index in [1.165, 1.54) is 11.1 Å². The maximum atomic E-state index is 5.53. The number of hydrogen-bond acceptors (Lipinski definition) is 1. The van der Waals surface area contributed by atoms with Gasteiger partial charge in [-0.3, -0.25) is 0 Å². The Morgan fingerprint density at radius 3 is 2.08 bits per heavy atom. The van der Waals surface area contributed by atoms with Gasteiger partial charge in [0.1, 0.15) is 0 Å². The number of benzene rings is 1. The standard InChI is InChI=1S/C9H13N.Al.Li.H/c1-2-8-5-3-4-6-9(8)7-10;;;/h3-6H,2,7,10H2,1H3;;;/q;;+1;-1. The van der Waals surface area contributed by atoms with Crippen LogP contribution in [0.3, 0.4) is 0 Å². The van der Waals surface area contributed by atoms with Gasteiger partial charge in [0.05, 0.1) is 0 Å². The fraction of sp³-hybridized carbons (Fsp3) is 0.333. The van der Waals surface area contributed by atoms with Crippen molar-refractivity contribution in [3.05, 3.63) is 35.4 Å². The Kier molecular flexibility index (Phi) is 9.79. The number of nitrogens with two attached hydrogens (primary N) is 1. The van der Waals surface area contributed by atoms with Crippen LogP contribution in [0.5, 0.6) is 0 Å². The Balaban J connectivity index is -0.000000333. The Labute approximate surface area is 98.5 Å². The van der Waals surface area contributed by atoms with E-state index in [4.69, 9.17) is 5.73 Å². The molecule has 1 nitrogen and oxygen atoms in total. The van der Waals surface area contributed by atoms with Crippen LogP contribution in [0.1, 0.15) is 19.5 Å². The Bertz CT molecular complexity index is 198. The van der Waals surface area contributed by atoms with Gasteiger partial charge in [-0.15, -0.1) is 0 Å². The van der Waals surface area contributed by atoms with Crippen molar-refractivity contribution >= 4 is 17.4 Å². The second kappa shape index (κ2) is 7.93. The zero-order valence-corrected chi connectivity index (χ0v) is 9.03. The molecule has 59 valence electrons. The summed E-state index contributed by atoms with van der Waals surface area (Å²) in [4.78, 5) is 0. The molecule has 2 N–H and O–H groups in total. The van der Waals surface area contributed by atoms with E-state index in [1.807, 2.05) is 6.07 Å². The van der Waals surface area contributed by atoms with Crippen molar-refractivity contribution in [3.63, 3.8) is 0 Å². The third kappa shape index (κ3) is 3.81. The minimum atomic E-state index is 0. The molecule has 0 aliphatic heterocycles. The van der Waals surface area contributed by atoms with Gasteiger partial charge < -0.3 is 7.16 Å². The van der Waals surface area contributed by atoms with E-state index in [9.17, 15) is 0 Å². The van der Waals surface area contributed by atoms with Gasteiger partial charge in [0.15, 0.2) is 0 Å². The first kappa shape index (κ1) is 14.8. The molecule has 0 saturated heterocycles. The van der Waals surface area contributed by atoms with E-state index in [2.05, 4.69) is 25.1 Å². The quantitative estimate of drug-likeness (QED) is 0.534. The van der Waals surface area contributed by atoms with E-state index >= 15 is 0 Å². The maximum Gasteiger partial charge on any atom is 1.00 e. The van der Waals surface area contributed by atoms with Gasteiger partial charge in [0.2, 0.25) is 0 Å². The average molecular weight is 170 g/mol. The summed E-state index contributed by atoms with van der Waals surface area (Å²) in [5, 5.41) is 0. The van der Waals surface area contributed by atoms with Crippen molar-refractivity contribution in [1.29, 1.82) is 0 Å². The molecule has 0 saturated carbocycles. The summed E-state index contributed by atoms with van der Waals surface area (Å²) in [5.41, 5.74) is 8.16. The van der Waals surface area contributed by atoms with E-state index < -0.39 is 0 Å². The summed E-state index contributed by atoms with van der Waals surface area (Å²) in [6.07, 6.45) is 1.08. The van der Waals surface area contributed by atoms with Gasteiger partial charge >= 0.3 is 18.9 Å². The van der Waals surface area contributed by atoms with Crippen LogP contribution in [0.4, 0.5) is 0 Å². The first-order valence-corrected chi connectivity index (χ1v) is 3.65. The van der Waals surface area contributed by atoms with Crippen LogP contribution in [0.2, 0.25) is 0 Å². The molecule has 3 heteroatoms. The predicted octanol–water partition coefficient (Wildman–Crippen LogP) is -1.56. The molecule has 0 bridgehead atoms. The topological polar surface area (TPSA) is 26.0 Å². The number of rotatable bonds is 2. The summed E-state index contributed by atoms with van der Waals surface area (Å²) >= 11 is 0. The van der Waals surface area contributed by atoms with E-state index in [-0.39, 0.29) is 37.6 Å². The Hall–Kier alpha value is 0.310. The minimum Gasteiger partial charge on any atom is -1.00 e. The maximum absolute atomic E-state index is 5.53. The molecular formula is C9H14AlLiN. The zero-order valence-electron chi connectivity index (χ0n) is 8.88. The van der Waals surface area contributed by atoms with Crippen molar-refractivity contribution in [2.75, 3.05) is 0 Å². The SMILES string of the molecule is CCc1ccccc1CN.[Al].[H-].[Li+]. The number of hydrogen-bond donors (Lipinski definition) is 1. The molecule has 0 aliphatic carbocycles. The van der Waals surface area contributed by atoms with Crippen molar-refractivity contribution in [2.45, 2.75) is 19.9 Å². The van der Waals surface area contributed by atoms with Crippen LogP contribution >= 0.6 is 0 Å². The average Bonchev–Trinajstić information content (AvgIpc) is 2.04. The van der Waals surface area contributed by atoms with Crippen molar-refractivity contribution in [1.82, 2.24) is 0 Å². The van der Waals surface area contributed by atoms with Crippen LogP contribution in [0.15, 0.2) is 24.3 Å². The molecule has 0 fully saturated rings. The Morgan fingerprint density at radius 2 is 1.75 bits per heavy atom. The summed E-state index contributed by atoms with van der Waals surface area (Å²) in [5.74, 6) is 0. The molecule has 0 heterocycles. The molecule has 0 atom stereocenters. The first-order valence-electron chi connectivity index (χ1n) is 3.65. The normalized spacial score (nSPS) is 8.17. The second-order valence-electron chi connectivity index (χ2n) is 2.33. The van der Waals surface area contributed by atoms with Crippen LogP contribution in [-0.2, 0) is 13.0 Å². The summed E-state index contributed by atoms with van der Waals surface area (Å²) in [6, 6.07) is 8.29. The first-order chi connectivity index (χ1) is 4.88. The third-order valence-electron chi connectivity index (χ3n) is 1.72. The molecule has 3 radical (unpaired) electrons. The van der Waals surface area contributed by atoms with Gasteiger partial charge in [-0.25, -0.2) is 0 Å². The predicted molar refractivity (Wildman–Crippen MR) is 50.6 cm³/mol. The van der Waals surface area contributed by atoms with Crippen molar-refractivity contribution in [2.24, 2.45) is 5.73 Å². The molecule has 0 spiro atoms. The smallest absolute Gasteiger partial charge is 1.00 e. The van der Waals surface area contributed by atoms with Crippen LogP contribution in [-0.4, -0.2) is 17.4 Å². The van der Waals surface area contributed by atoms with Crippen molar-refractivity contribution < 1.29 is 20.3 Å². The van der Waals surface area contributed by atoms with Gasteiger partial charge in [0.25, 0.3) is 0 Å². The fourth-order valence-electron chi connectivity index (χ4n) is 1.10. The second-order valence-corrected chi connectivity index (χ2v) is 2.33. The summed E-state index contributed by atoms with van der Waals surface area (Å²) in [7, 11) is 0. The minimum absolute atomic E-state index is 0. The molecule has 1 aromatic carbocycles. The third-order valence-corrected chi connectivity index (χ3v) is 1.72. The molecule has 0 aliphatic rings. The van der Waals surface area contributed by atoms with Gasteiger partial charge in [-0.05, 0) is 17.5 Å². The zero-order chi connectivity index (χ0) is 7.40. The largest absolute Gasteiger partial charge is 1.00 e. The van der Waals surface area contributed by atoms with E-state index in [0.717, 1.165) is 6.42 Å². The van der Waals surface area contributed by atoms with Crippen LogP contribution in [0, 0.1) is 0 Å². The van der Waals surface area contributed by atoms with Gasteiger partial charge in [-0.1, -0.05) is 31.2 Å². The molecular weight excluding hydrogens is 156 g/mol. The van der Waals surface area contributed by atoms with Gasteiger partial charge in [0, 0.05) is 23.9 Å². The van der Waals surface area contributed by atoms with E-state index in [1.54, 1.807) is 0 Å². The van der Waals surface area contributed by atoms with Crippen LogP contribution < -0.4 is 24.6 Å². The molecule has 0 unspecified atom stereocenters. The Morgan fingerprint density at radius 1 is 1.25 bits per heavy atom. The molecule has 0 amide bonds. The number of aryl methyl sites for hydroxylation is 1. The summed E-state index contributed by atoms with van der Waals surface area (Å²) in [6.45, 7) is 2.80.